The Kier molecular flexibility index (Phi) is 5.78. The molecule has 1 fully saturated rings. The summed E-state index contributed by atoms with van der Waals surface area (Å²) in [5, 5.41) is 21.0. The molecule has 0 spiro atoms. The maximum Gasteiger partial charge on any atom is 0.253 e. The van der Waals surface area contributed by atoms with Crippen LogP contribution in [0, 0.1) is 0 Å². The third kappa shape index (κ3) is 3.78. The summed E-state index contributed by atoms with van der Waals surface area (Å²) >= 11 is 5.97. The van der Waals surface area contributed by atoms with Crippen LogP contribution >= 0.6 is 11.6 Å². The first-order chi connectivity index (χ1) is 13.1. The smallest absolute Gasteiger partial charge is 0.253 e. The van der Waals surface area contributed by atoms with Crippen molar-refractivity contribution in [2.45, 2.75) is 42.9 Å². The van der Waals surface area contributed by atoms with E-state index in [0.717, 1.165) is 32.8 Å². The molecule has 1 unspecified atom stereocenters. The first-order valence-electron chi connectivity index (χ1n) is 8.58. The molecular formula is C17H20ClN3O6S. The van der Waals surface area contributed by atoms with E-state index in [-0.39, 0.29) is 33.7 Å². The van der Waals surface area contributed by atoms with Crippen molar-refractivity contribution in [1.29, 1.82) is 0 Å². The van der Waals surface area contributed by atoms with Gasteiger partial charge in [0.05, 0.1) is 10.6 Å². The molecule has 152 valence electrons. The molecular weight excluding hydrogens is 410 g/mol. The van der Waals surface area contributed by atoms with E-state index in [1.165, 1.54) is 12.1 Å². The number of nitrogens with two attached hydrogens (primary N) is 1. The number of sulfonamides is 1. The average molecular weight is 430 g/mol. The molecule has 1 atom stereocenters. The second-order valence-electron chi connectivity index (χ2n) is 6.63. The Morgan fingerprint density at radius 1 is 1.21 bits per heavy atom. The van der Waals surface area contributed by atoms with Crippen LogP contribution in [-0.4, -0.2) is 26.7 Å². The van der Waals surface area contributed by atoms with E-state index in [4.69, 9.17) is 21.5 Å². The van der Waals surface area contributed by atoms with Crippen molar-refractivity contribution in [2.75, 3.05) is 17.7 Å². The van der Waals surface area contributed by atoms with Crippen LogP contribution < -0.4 is 26.6 Å². The van der Waals surface area contributed by atoms with Gasteiger partial charge in [0.15, 0.2) is 6.29 Å². The summed E-state index contributed by atoms with van der Waals surface area (Å²) in [6.45, 7) is 0. The number of benzene rings is 1. The highest BCUT2D eigenvalue weighted by molar-refractivity contribution is 7.89. The summed E-state index contributed by atoms with van der Waals surface area (Å²) in [6.07, 6.45) is 2.17. The summed E-state index contributed by atoms with van der Waals surface area (Å²) in [5.41, 5.74) is -1.48. The number of anilines is 3. The van der Waals surface area contributed by atoms with Crippen LogP contribution in [0.4, 0.5) is 17.1 Å². The normalized spacial score (nSPS) is 16.4. The summed E-state index contributed by atoms with van der Waals surface area (Å²) in [7, 11) is -3.16. The fourth-order valence-electron chi connectivity index (χ4n) is 3.39. The van der Waals surface area contributed by atoms with Crippen molar-refractivity contribution in [3.8, 4) is 0 Å². The quantitative estimate of drug-likeness (QED) is 0.380. The lowest BCUT2D eigenvalue weighted by atomic mass is 10.1. The zero-order chi connectivity index (χ0) is 20.6. The second kappa shape index (κ2) is 7.80. The predicted molar refractivity (Wildman–Crippen MR) is 105 cm³/mol. The van der Waals surface area contributed by atoms with Gasteiger partial charge in [0.2, 0.25) is 10.0 Å². The Bertz CT molecular complexity index is 1070. The molecule has 0 aliphatic heterocycles. The minimum atomic E-state index is -4.32. The van der Waals surface area contributed by atoms with Gasteiger partial charge in [-0.3, -0.25) is 9.59 Å². The molecule has 9 nitrogen and oxygen atoms in total. The number of hydrogen-bond acceptors (Lipinski definition) is 8. The van der Waals surface area contributed by atoms with E-state index >= 15 is 0 Å². The van der Waals surface area contributed by atoms with Gasteiger partial charge in [-0.2, -0.15) is 0 Å². The van der Waals surface area contributed by atoms with Crippen molar-refractivity contribution in [1.82, 2.24) is 0 Å². The highest BCUT2D eigenvalue weighted by Crippen LogP contribution is 2.37. The van der Waals surface area contributed by atoms with Gasteiger partial charge in [-0.05, 0) is 25.0 Å². The third-order valence-electron chi connectivity index (χ3n) is 4.78. The zero-order valence-corrected chi connectivity index (χ0v) is 16.6. The summed E-state index contributed by atoms with van der Waals surface area (Å²) in [5.74, 6) is 0. The van der Waals surface area contributed by atoms with Crippen molar-refractivity contribution in [3.05, 3.63) is 43.2 Å². The predicted octanol–water partition coefficient (Wildman–Crippen LogP) is 1.32. The van der Waals surface area contributed by atoms with Gasteiger partial charge in [0, 0.05) is 18.8 Å². The van der Waals surface area contributed by atoms with Crippen LogP contribution in [0.5, 0.6) is 0 Å². The molecule has 3 rings (SSSR count). The van der Waals surface area contributed by atoms with Crippen LogP contribution in [0.1, 0.15) is 37.5 Å². The Labute approximate surface area is 166 Å². The first kappa shape index (κ1) is 20.7. The van der Waals surface area contributed by atoms with E-state index in [1.807, 2.05) is 0 Å². The molecule has 0 bridgehead atoms. The first-order valence-corrected chi connectivity index (χ1v) is 10.5. The Balaban J connectivity index is 2.05. The van der Waals surface area contributed by atoms with Crippen molar-refractivity contribution < 1.29 is 18.3 Å². The lowest BCUT2D eigenvalue weighted by molar-refractivity contribution is -0.0782. The fourth-order valence-corrected chi connectivity index (χ4v) is 4.74. The van der Waals surface area contributed by atoms with Gasteiger partial charge < -0.3 is 20.5 Å². The number of aliphatic hydroxyl groups is 1. The largest absolute Gasteiger partial charge is 0.377 e. The van der Waals surface area contributed by atoms with Gasteiger partial charge in [0.25, 0.3) is 10.9 Å². The molecule has 2 aromatic carbocycles. The molecule has 11 heteroatoms. The second-order valence-corrected chi connectivity index (χ2v) is 8.54. The highest BCUT2D eigenvalue weighted by atomic mass is 35.5. The molecule has 1 saturated carbocycles. The van der Waals surface area contributed by atoms with Gasteiger partial charge in [-0.1, -0.05) is 24.4 Å². The molecule has 0 saturated heterocycles. The monoisotopic (exact) mass is 429 g/mol. The van der Waals surface area contributed by atoms with Gasteiger partial charge in [-0.15, -0.1) is 0 Å². The molecule has 0 radical (unpaired) electrons. The number of rotatable bonds is 7. The number of halogens is 1. The fraction of sp³-hybridized carbons (Fsp3) is 0.412. The summed E-state index contributed by atoms with van der Waals surface area (Å²) in [6, 6.07) is 2.72. The van der Waals surface area contributed by atoms with Crippen LogP contribution in [-0.2, 0) is 14.8 Å². The molecule has 0 heterocycles. The molecule has 0 aromatic heterocycles. The van der Waals surface area contributed by atoms with E-state index in [1.54, 1.807) is 0 Å². The average Bonchev–Trinajstić information content (AvgIpc) is 3.16. The maximum atomic E-state index is 12.1. The molecule has 5 N–H and O–H groups in total. The minimum absolute atomic E-state index is 0.0101. The van der Waals surface area contributed by atoms with Crippen molar-refractivity contribution >= 4 is 38.7 Å². The number of ether oxygens (including phenoxy) is 1. The van der Waals surface area contributed by atoms with Gasteiger partial charge >= 0.3 is 0 Å². The van der Waals surface area contributed by atoms with Gasteiger partial charge in [0.1, 0.15) is 16.3 Å². The molecule has 2 aromatic rings. The van der Waals surface area contributed by atoms with Crippen molar-refractivity contribution in [3.63, 3.8) is 0 Å². The lowest BCUT2D eigenvalue weighted by Crippen LogP contribution is -2.38. The van der Waals surface area contributed by atoms with Crippen LogP contribution in [0.15, 0.2) is 26.6 Å². The van der Waals surface area contributed by atoms with Crippen LogP contribution in [0.3, 0.4) is 0 Å². The summed E-state index contributed by atoms with van der Waals surface area (Å²) in [4.78, 5) is 23.5. The number of aliphatic hydroxyl groups excluding tert-OH is 1. The Morgan fingerprint density at radius 3 is 2.39 bits per heavy atom. The Hall–Kier alpha value is -1.98. The van der Waals surface area contributed by atoms with E-state index < -0.39 is 32.1 Å². The number of nitrogens with one attached hydrogen (secondary N) is 2. The topological polar surface area (TPSA) is 148 Å². The SMILES string of the molecule is COC(O)c1c(Nc2c(NC3CCCC3)c(=O)c2=O)ccc(Cl)c1S(N)(=O)=O. The lowest BCUT2D eigenvalue weighted by Gasteiger charge is -2.22. The molecule has 1 aliphatic carbocycles. The Morgan fingerprint density at radius 2 is 1.82 bits per heavy atom. The molecule has 1 aliphatic rings. The molecule has 28 heavy (non-hydrogen) atoms. The zero-order valence-electron chi connectivity index (χ0n) is 15.0. The van der Waals surface area contributed by atoms with Gasteiger partial charge in [-0.25, -0.2) is 13.6 Å². The number of hydrogen-bond donors (Lipinski definition) is 4. The third-order valence-corrected chi connectivity index (χ3v) is 6.21. The van der Waals surface area contributed by atoms with E-state index in [9.17, 15) is 23.1 Å². The minimum Gasteiger partial charge on any atom is -0.377 e. The van der Waals surface area contributed by atoms with Crippen molar-refractivity contribution in [2.24, 2.45) is 5.14 Å². The maximum absolute atomic E-state index is 12.1. The van der Waals surface area contributed by atoms with E-state index in [0.29, 0.717) is 0 Å². The van der Waals surface area contributed by atoms with Crippen LogP contribution in [0.2, 0.25) is 5.02 Å². The standard InChI is InChI=1S/C17H20ClN3O6S/c1-27-17(24)11-10(7-6-9(18)16(11)28(19,25)26)21-13-12(14(22)15(13)23)20-8-4-2-3-5-8/h6-8,17,20-21,24H,2-5H2,1H3,(H2,19,25,26). The highest BCUT2D eigenvalue weighted by Gasteiger charge is 2.30. The van der Waals surface area contributed by atoms with Crippen LogP contribution in [0.25, 0.3) is 0 Å². The summed E-state index contributed by atoms with van der Waals surface area (Å²) < 4.78 is 28.8. The number of primary sulfonamides is 1. The molecule has 0 amide bonds. The number of methoxy groups -OCH3 is 1. The van der Waals surface area contributed by atoms with E-state index in [2.05, 4.69) is 10.6 Å².